The third kappa shape index (κ3) is 15.9. The Hall–Kier alpha value is -2.47. The second-order valence-electron chi connectivity index (χ2n) is 8.05. The van der Waals surface area contributed by atoms with E-state index in [-0.39, 0.29) is 13.2 Å². The molecule has 0 spiro atoms. The van der Waals surface area contributed by atoms with Crippen molar-refractivity contribution in [2.75, 3.05) is 20.2 Å². The summed E-state index contributed by atoms with van der Waals surface area (Å²) in [5.74, 6) is -0.940. The predicted octanol–water partition coefficient (Wildman–Crippen LogP) is 7.69. The number of carboxylic acids is 1. The van der Waals surface area contributed by atoms with E-state index in [1.54, 1.807) is 24.1 Å². The Morgan fingerprint density at radius 3 is 1.89 bits per heavy atom. The van der Waals surface area contributed by atoms with Crippen LogP contribution in [0.1, 0.15) is 76.8 Å². The molecule has 35 heavy (non-hydrogen) atoms. The van der Waals surface area contributed by atoms with E-state index in [0.717, 1.165) is 16.7 Å². The van der Waals surface area contributed by atoms with Gasteiger partial charge < -0.3 is 14.6 Å². The number of halogens is 1. The van der Waals surface area contributed by atoms with Crippen LogP contribution < -0.4 is 0 Å². The van der Waals surface area contributed by atoms with Crippen LogP contribution in [0.3, 0.4) is 0 Å². The van der Waals surface area contributed by atoms with Gasteiger partial charge in [-0.05, 0) is 51.1 Å². The molecule has 2 aromatic rings. The number of carbonyl (C=O) groups is 2. The van der Waals surface area contributed by atoms with E-state index in [2.05, 4.69) is 20.4 Å². The largest absolute Gasteiger partial charge is 0.480 e. The third-order valence-electron chi connectivity index (χ3n) is 4.11. The number of allylic oxidation sites excluding steroid dienone is 1. The molecule has 1 N–H and O–H groups in total. The Morgan fingerprint density at radius 2 is 1.49 bits per heavy atom. The molecule has 2 atom stereocenters. The number of aryl methyl sites for hydroxylation is 1. The molecule has 0 amide bonds. The first-order chi connectivity index (χ1) is 16.6. The number of carboxylic acid groups (broad SMARTS) is 1. The predicted molar refractivity (Wildman–Crippen MR) is 148 cm³/mol. The number of aldehydes is 1. The summed E-state index contributed by atoms with van der Waals surface area (Å²) in [4.78, 5) is 23.8. The fourth-order valence-corrected chi connectivity index (χ4v) is 3.03. The Balaban J connectivity index is 0. The van der Waals surface area contributed by atoms with E-state index in [1.165, 1.54) is 12.0 Å². The Kier molecular flexibility index (Phi) is 20.7. The van der Waals surface area contributed by atoms with Crippen molar-refractivity contribution < 1.29 is 19.4 Å². The highest BCUT2D eigenvalue weighted by molar-refractivity contribution is 6.30. The SMILES string of the molecule is C=C(C)C.CC.CCC.Cc1ccc(C(OCC=O)C(c2ccc(Cl)cc2)N(C)CC(=O)O)cc1. The maximum Gasteiger partial charge on any atom is 0.317 e. The lowest BCUT2D eigenvalue weighted by Crippen LogP contribution is -2.35. The minimum Gasteiger partial charge on any atom is -0.480 e. The highest BCUT2D eigenvalue weighted by atomic mass is 35.5. The summed E-state index contributed by atoms with van der Waals surface area (Å²) in [6.07, 6.45) is 1.43. The number of ether oxygens (including phenoxy) is 1. The summed E-state index contributed by atoms with van der Waals surface area (Å²) in [6, 6.07) is 14.6. The van der Waals surface area contributed by atoms with Crippen molar-refractivity contribution in [1.82, 2.24) is 4.90 Å². The molecule has 0 aromatic heterocycles. The van der Waals surface area contributed by atoms with Crippen molar-refractivity contribution in [1.29, 1.82) is 0 Å². The first kappa shape index (κ1) is 34.7. The summed E-state index contributed by atoms with van der Waals surface area (Å²) in [6.45, 7) is 17.5. The van der Waals surface area contributed by atoms with Crippen molar-refractivity contribution in [2.24, 2.45) is 0 Å². The van der Waals surface area contributed by atoms with E-state index in [9.17, 15) is 14.7 Å². The molecule has 0 fully saturated rings. The van der Waals surface area contributed by atoms with Crippen LogP contribution in [0.4, 0.5) is 0 Å². The van der Waals surface area contributed by atoms with Gasteiger partial charge in [0.25, 0.3) is 0 Å². The lowest BCUT2D eigenvalue weighted by molar-refractivity contribution is -0.139. The molecule has 0 heterocycles. The van der Waals surface area contributed by atoms with Crippen LogP contribution >= 0.6 is 11.6 Å². The topological polar surface area (TPSA) is 66.8 Å². The molecular formula is C29H44ClNO4. The van der Waals surface area contributed by atoms with Gasteiger partial charge in [0.15, 0.2) is 0 Å². The van der Waals surface area contributed by atoms with Gasteiger partial charge in [0.1, 0.15) is 19.0 Å². The van der Waals surface area contributed by atoms with E-state index in [4.69, 9.17) is 16.3 Å². The lowest BCUT2D eigenvalue weighted by Gasteiger charge is -2.34. The van der Waals surface area contributed by atoms with Gasteiger partial charge in [0.2, 0.25) is 0 Å². The molecular weight excluding hydrogens is 462 g/mol. The molecule has 196 valence electrons. The molecule has 0 radical (unpaired) electrons. The van der Waals surface area contributed by atoms with Crippen molar-refractivity contribution in [3.05, 3.63) is 82.4 Å². The quantitative estimate of drug-likeness (QED) is 0.279. The third-order valence-corrected chi connectivity index (χ3v) is 4.36. The average Bonchev–Trinajstić information content (AvgIpc) is 2.79. The second kappa shape index (κ2) is 20.9. The van der Waals surface area contributed by atoms with E-state index in [1.807, 2.05) is 71.0 Å². The number of nitrogens with zero attached hydrogens (tertiary/aromatic N) is 1. The van der Waals surface area contributed by atoms with Crippen LogP contribution in [0, 0.1) is 6.92 Å². The van der Waals surface area contributed by atoms with Crippen molar-refractivity contribution in [3.63, 3.8) is 0 Å². The number of benzene rings is 2. The molecule has 6 heteroatoms. The van der Waals surface area contributed by atoms with Gasteiger partial charge in [-0.25, -0.2) is 0 Å². The van der Waals surface area contributed by atoms with Gasteiger partial charge in [-0.1, -0.05) is 93.3 Å². The molecule has 2 unspecified atom stereocenters. The van der Waals surface area contributed by atoms with Crippen molar-refractivity contribution in [3.8, 4) is 0 Å². The zero-order valence-corrected chi connectivity index (χ0v) is 23.4. The number of aliphatic carboxylic acids is 1. The molecule has 0 bridgehead atoms. The number of rotatable bonds is 9. The number of carbonyl (C=O) groups excluding carboxylic acids is 1. The summed E-state index contributed by atoms with van der Waals surface area (Å²) in [5.41, 5.74) is 3.99. The highest BCUT2D eigenvalue weighted by Crippen LogP contribution is 2.36. The zero-order valence-electron chi connectivity index (χ0n) is 22.7. The fraction of sp³-hybridized carbons (Fsp3) is 0.448. The first-order valence-electron chi connectivity index (χ1n) is 12.0. The number of hydrogen-bond acceptors (Lipinski definition) is 4. The van der Waals surface area contributed by atoms with Crippen LogP contribution in [0.25, 0.3) is 0 Å². The standard InChI is InChI=1S/C20H22ClNO4.C4H8.C3H8.C2H6/c1-14-3-5-16(6-4-14)20(26-12-11-23)19(22(2)13-18(24)25)15-7-9-17(21)10-8-15;1-4(2)3;1-3-2;1-2/h3-11,19-20H,12-13H2,1-2H3,(H,24,25);1H2,2-3H3;3H2,1-2H3;1-2H3. The zero-order chi connectivity index (χ0) is 27.4. The maximum absolute atomic E-state index is 11.3. The van der Waals surface area contributed by atoms with Crippen molar-refractivity contribution >= 4 is 23.9 Å². The molecule has 5 nitrogen and oxygen atoms in total. The number of hydrogen-bond donors (Lipinski definition) is 1. The van der Waals surface area contributed by atoms with Gasteiger partial charge in [-0.15, -0.1) is 6.58 Å². The van der Waals surface area contributed by atoms with Crippen LogP contribution in [-0.2, 0) is 14.3 Å². The first-order valence-corrected chi connectivity index (χ1v) is 12.4. The highest BCUT2D eigenvalue weighted by Gasteiger charge is 2.30. The van der Waals surface area contributed by atoms with Crippen molar-refractivity contribution in [2.45, 2.75) is 67.0 Å². The van der Waals surface area contributed by atoms with Crippen LogP contribution in [0.2, 0.25) is 5.02 Å². The molecule has 0 aliphatic rings. The Morgan fingerprint density at radius 1 is 1.06 bits per heavy atom. The summed E-state index contributed by atoms with van der Waals surface area (Å²) >= 11 is 5.99. The summed E-state index contributed by atoms with van der Waals surface area (Å²) in [5, 5.41) is 9.82. The monoisotopic (exact) mass is 505 g/mol. The smallest absolute Gasteiger partial charge is 0.317 e. The molecule has 2 rings (SSSR count). The van der Waals surface area contributed by atoms with Gasteiger partial charge in [-0.2, -0.15) is 0 Å². The second-order valence-corrected chi connectivity index (χ2v) is 8.49. The Labute approximate surface area is 217 Å². The molecule has 0 aliphatic carbocycles. The lowest BCUT2D eigenvalue weighted by atomic mass is 9.93. The minimum absolute atomic E-state index is 0.0798. The summed E-state index contributed by atoms with van der Waals surface area (Å²) in [7, 11) is 1.72. The van der Waals surface area contributed by atoms with Gasteiger partial charge >= 0.3 is 5.97 Å². The Bertz CT molecular complexity index is 831. The van der Waals surface area contributed by atoms with E-state index in [0.29, 0.717) is 11.3 Å². The molecule has 0 aliphatic heterocycles. The van der Waals surface area contributed by atoms with Crippen LogP contribution in [0.5, 0.6) is 0 Å². The minimum atomic E-state index is -0.940. The molecule has 0 saturated carbocycles. The normalized spacial score (nSPS) is 11.4. The fourth-order valence-electron chi connectivity index (χ4n) is 2.90. The number of likely N-dealkylation sites (N-methyl/N-ethyl adjacent to an activating group) is 1. The van der Waals surface area contributed by atoms with Crippen LogP contribution in [0.15, 0.2) is 60.7 Å². The average molecular weight is 506 g/mol. The van der Waals surface area contributed by atoms with Crippen LogP contribution in [-0.4, -0.2) is 42.5 Å². The maximum atomic E-state index is 11.3. The molecule has 2 aromatic carbocycles. The van der Waals surface area contributed by atoms with Gasteiger partial charge in [0.05, 0.1) is 12.6 Å². The summed E-state index contributed by atoms with van der Waals surface area (Å²) < 4.78 is 5.83. The van der Waals surface area contributed by atoms with Gasteiger partial charge in [-0.3, -0.25) is 9.69 Å². The van der Waals surface area contributed by atoms with E-state index >= 15 is 0 Å². The molecule has 0 saturated heterocycles. The van der Waals surface area contributed by atoms with E-state index < -0.39 is 18.1 Å². The van der Waals surface area contributed by atoms with Gasteiger partial charge in [0, 0.05) is 5.02 Å².